The first-order valence-electron chi connectivity index (χ1n) is 12.6. The number of nitrogens with zero attached hydrogens (tertiary/aromatic N) is 3. The van der Waals surface area contributed by atoms with Gasteiger partial charge in [0.2, 0.25) is 19.5 Å². The van der Waals surface area contributed by atoms with Gasteiger partial charge in [-0.15, -0.1) is 6.58 Å². The number of aromatic nitrogens is 4. The lowest BCUT2D eigenvalue weighted by molar-refractivity contribution is -0.164. The molecule has 42 heavy (non-hydrogen) atoms. The Kier molecular flexibility index (Phi) is 7.93. The third kappa shape index (κ3) is 5.36. The molecule has 0 spiro atoms. The fourth-order valence-electron chi connectivity index (χ4n) is 4.19. The van der Waals surface area contributed by atoms with Crippen LogP contribution in [-0.2, 0) is 41.9 Å². The largest absolute Gasteiger partial charge is 0.481 e. The minimum atomic E-state index is -4.84. The number of aliphatic hydroxyl groups is 1. The second-order valence-electron chi connectivity index (χ2n) is 11.8. The average Bonchev–Trinajstić information content (AvgIpc) is 3.11. The number of hydrogen-bond donors (Lipinski definition) is 3. The molecule has 4 rings (SSSR count). The zero-order chi connectivity index (χ0) is 31.5. The zero-order valence-electron chi connectivity index (χ0n) is 23.8. The van der Waals surface area contributed by atoms with Gasteiger partial charge in [-0.3, -0.25) is 28.5 Å². The first-order valence-corrected chi connectivity index (χ1v) is 14.1. The van der Waals surface area contributed by atoms with E-state index in [0.717, 1.165) is 17.0 Å². The lowest BCUT2D eigenvalue weighted by Crippen LogP contribution is -2.34. The van der Waals surface area contributed by atoms with Gasteiger partial charge in [-0.05, 0) is 41.5 Å². The Bertz CT molecular complexity index is 1480. The molecule has 4 N–H and O–H groups in total. The third-order valence-electron chi connectivity index (χ3n) is 6.61. The van der Waals surface area contributed by atoms with Gasteiger partial charge in [0.25, 0.3) is 5.56 Å². The van der Waals surface area contributed by atoms with Crippen molar-refractivity contribution in [1.82, 2.24) is 19.5 Å². The number of esters is 2. The van der Waals surface area contributed by atoms with E-state index in [1.54, 1.807) is 41.5 Å². The normalized spacial score (nSPS) is 27.5. The molecular weight excluding hydrogens is 584 g/mol. The molecule has 1 aliphatic carbocycles. The Hall–Kier alpha value is -3.21. The summed E-state index contributed by atoms with van der Waals surface area (Å²) in [5.74, 6) is -1.69. The van der Waals surface area contributed by atoms with E-state index in [2.05, 4.69) is 21.5 Å². The quantitative estimate of drug-likeness (QED) is 0.150. The first kappa shape index (κ1) is 31.7. The van der Waals surface area contributed by atoms with Crippen LogP contribution in [-0.4, -0.2) is 73.6 Å². The molecular formula is C24H33FN5O11P. The Morgan fingerprint density at radius 1 is 1.21 bits per heavy atom. The number of nitrogen functional groups attached to an aromatic ring is 1. The van der Waals surface area contributed by atoms with Gasteiger partial charge in [0.1, 0.15) is 6.10 Å². The predicted octanol–water partition coefficient (Wildman–Crippen LogP) is 1.86. The first-order chi connectivity index (χ1) is 19.3. The molecule has 0 radical (unpaired) electrons. The predicted molar refractivity (Wildman–Crippen MR) is 141 cm³/mol. The highest BCUT2D eigenvalue weighted by atomic mass is 31.2. The standard InChI is InChI=1S/C24H33FN5O11P/c1-8-23-17(24(23,34)13(25)16(40-23)30-9-27-12-14(30)28-20(26)29-15(12)31)41-42(35,38-10-36-18(32)21(2,3)4)39-11-37-19(33)22(5,6)7/h8-9,13,16-17,34H,1,10-11H2,2-7H3,(H3,26,28,29,31)/t13-,16+,17?,23+,24+/m0/s1. The number of phosphoric ester groups is 1. The topological polar surface area (TPSA) is 216 Å². The van der Waals surface area contributed by atoms with Gasteiger partial charge in [0, 0.05) is 0 Å². The summed E-state index contributed by atoms with van der Waals surface area (Å²) < 4.78 is 61.9. The number of nitrogens with two attached hydrogens (primary N) is 1. The maximum absolute atomic E-state index is 15.9. The SMILES string of the molecule is C=C[C@]12O[C@@H](n3cnc4c(=O)[nH]c(N)nc43)[C@H](F)[C@@]1(O)C2OP(=O)(OCOC(=O)C(C)(C)C)OCOC(=O)C(C)(C)C. The van der Waals surface area contributed by atoms with Crippen LogP contribution in [0.15, 0.2) is 23.8 Å². The minimum Gasteiger partial charge on any atom is -0.437 e. The monoisotopic (exact) mass is 617 g/mol. The van der Waals surface area contributed by atoms with Crippen LogP contribution in [0.25, 0.3) is 11.2 Å². The number of imidazole rings is 1. The number of rotatable bonds is 10. The molecule has 1 aliphatic heterocycles. The molecule has 1 saturated heterocycles. The van der Waals surface area contributed by atoms with Crippen LogP contribution in [0.1, 0.15) is 47.8 Å². The van der Waals surface area contributed by atoms with Gasteiger partial charge in [-0.2, -0.15) is 4.98 Å². The van der Waals surface area contributed by atoms with Crippen molar-refractivity contribution in [2.75, 3.05) is 19.3 Å². The number of aromatic amines is 1. The van der Waals surface area contributed by atoms with E-state index in [0.29, 0.717) is 0 Å². The van der Waals surface area contributed by atoms with E-state index in [-0.39, 0.29) is 17.1 Å². The van der Waals surface area contributed by atoms with E-state index in [1.807, 2.05) is 0 Å². The number of hydrogen-bond acceptors (Lipinski definition) is 14. The minimum absolute atomic E-state index is 0.121. The molecule has 16 nitrogen and oxygen atoms in total. The van der Waals surface area contributed by atoms with Gasteiger partial charge in [-0.1, -0.05) is 6.08 Å². The number of carbonyl (C=O) groups excluding carboxylic acids is 2. The second-order valence-corrected chi connectivity index (χ2v) is 13.4. The summed E-state index contributed by atoms with van der Waals surface area (Å²) >= 11 is 0. The zero-order valence-corrected chi connectivity index (χ0v) is 24.7. The Labute approximate surface area is 238 Å². The molecule has 0 bridgehead atoms. The van der Waals surface area contributed by atoms with Gasteiger partial charge in [-0.25, -0.2) is 23.0 Å². The summed E-state index contributed by atoms with van der Waals surface area (Å²) in [6, 6.07) is 0. The van der Waals surface area contributed by atoms with Crippen LogP contribution in [0.4, 0.5) is 10.3 Å². The summed E-state index contributed by atoms with van der Waals surface area (Å²) in [4.78, 5) is 46.5. The van der Waals surface area contributed by atoms with Crippen molar-refractivity contribution in [2.24, 2.45) is 10.8 Å². The highest BCUT2D eigenvalue weighted by Gasteiger charge is 2.89. The Morgan fingerprint density at radius 3 is 2.24 bits per heavy atom. The molecule has 232 valence electrons. The van der Waals surface area contributed by atoms with Gasteiger partial charge < -0.3 is 25.1 Å². The number of ether oxygens (including phenoxy) is 3. The fraction of sp³-hybridized carbons (Fsp3) is 0.625. The molecule has 1 unspecified atom stereocenters. The molecule has 5 atom stereocenters. The van der Waals surface area contributed by atoms with Crippen LogP contribution in [0.5, 0.6) is 0 Å². The molecule has 2 aromatic rings. The Morgan fingerprint density at radius 2 is 1.76 bits per heavy atom. The summed E-state index contributed by atoms with van der Waals surface area (Å²) in [6.07, 6.45) is -3.47. The second kappa shape index (κ2) is 10.5. The summed E-state index contributed by atoms with van der Waals surface area (Å²) in [5.41, 5.74) is -1.70. The number of alkyl halides is 1. The van der Waals surface area contributed by atoms with Crippen LogP contribution >= 0.6 is 7.82 Å². The lowest BCUT2D eigenvalue weighted by atomic mass is 9.98. The Balaban J connectivity index is 1.56. The van der Waals surface area contributed by atoms with E-state index in [4.69, 9.17) is 33.5 Å². The van der Waals surface area contributed by atoms with E-state index < -0.39 is 79.4 Å². The number of phosphoric acid groups is 1. The number of fused-ring (bicyclic) bond motifs is 2. The van der Waals surface area contributed by atoms with Crippen molar-refractivity contribution in [3.8, 4) is 0 Å². The number of anilines is 1. The van der Waals surface area contributed by atoms with Crippen molar-refractivity contribution in [3.05, 3.63) is 29.3 Å². The highest BCUT2D eigenvalue weighted by molar-refractivity contribution is 7.48. The molecule has 1 saturated carbocycles. The maximum Gasteiger partial charge on any atom is 0.481 e. The number of halogens is 1. The lowest BCUT2D eigenvalue weighted by Gasteiger charge is -2.25. The van der Waals surface area contributed by atoms with Crippen LogP contribution in [0, 0.1) is 10.8 Å². The van der Waals surface area contributed by atoms with Gasteiger partial charge in [0.05, 0.1) is 17.2 Å². The van der Waals surface area contributed by atoms with Crippen molar-refractivity contribution >= 4 is 36.9 Å². The summed E-state index contributed by atoms with van der Waals surface area (Å²) in [6.45, 7) is 11.2. The molecule has 2 aromatic heterocycles. The molecule has 3 heterocycles. The van der Waals surface area contributed by atoms with Crippen molar-refractivity contribution in [2.45, 2.75) is 71.2 Å². The van der Waals surface area contributed by atoms with E-state index in [9.17, 15) is 24.1 Å². The average molecular weight is 618 g/mol. The van der Waals surface area contributed by atoms with E-state index >= 15 is 4.39 Å². The molecule has 0 amide bonds. The molecule has 0 aromatic carbocycles. The number of nitrogens with one attached hydrogen (secondary N) is 1. The van der Waals surface area contributed by atoms with Crippen LogP contribution < -0.4 is 11.3 Å². The maximum atomic E-state index is 15.9. The smallest absolute Gasteiger partial charge is 0.437 e. The highest BCUT2D eigenvalue weighted by Crippen LogP contribution is 2.70. The third-order valence-corrected chi connectivity index (χ3v) is 7.92. The van der Waals surface area contributed by atoms with Crippen molar-refractivity contribution in [1.29, 1.82) is 0 Å². The summed E-state index contributed by atoms with van der Waals surface area (Å²) in [7, 11) is -4.84. The number of carbonyl (C=O) groups is 2. The van der Waals surface area contributed by atoms with Gasteiger partial charge >= 0.3 is 19.8 Å². The molecule has 2 fully saturated rings. The van der Waals surface area contributed by atoms with Crippen molar-refractivity contribution < 1.29 is 51.4 Å². The van der Waals surface area contributed by atoms with E-state index in [1.165, 1.54) is 0 Å². The van der Waals surface area contributed by atoms with Crippen LogP contribution in [0.3, 0.4) is 0 Å². The summed E-state index contributed by atoms with van der Waals surface area (Å²) in [5, 5.41) is 11.4. The van der Waals surface area contributed by atoms with Crippen molar-refractivity contribution in [3.63, 3.8) is 0 Å². The fourth-order valence-corrected chi connectivity index (χ4v) is 5.33. The van der Waals surface area contributed by atoms with Gasteiger partial charge in [0.15, 0.2) is 34.8 Å². The van der Waals surface area contributed by atoms with Crippen LogP contribution in [0.2, 0.25) is 0 Å². The number of H-pyrrole nitrogens is 1. The molecule has 2 aliphatic rings. The molecule has 18 heteroatoms.